The summed E-state index contributed by atoms with van der Waals surface area (Å²) < 4.78 is 16.7. The van der Waals surface area contributed by atoms with E-state index in [9.17, 15) is 35.1 Å². The fourth-order valence-corrected chi connectivity index (χ4v) is 9.92. The zero-order valence-corrected chi connectivity index (χ0v) is 48.5. The molecule has 0 aliphatic carbocycles. The third-order valence-corrected chi connectivity index (χ3v) is 15.0. The van der Waals surface area contributed by atoms with Gasteiger partial charge in [-0.2, -0.15) is 0 Å². The highest BCUT2D eigenvalue weighted by Gasteiger charge is 2.44. The van der Waals surface area contributed by atoms with Crippen molar-refractivity contribution >= 4 is 11.9 Å². The first-order valence-corrected chi connectivity index (χ1v) is 31.8. The van der Waals surface area contributed by atoms with Crippen LogP contribution in [0, 0.1) is 0 Å². The number of aliphatic hydroxyl groups excluding tert-OH is 5. The predicted molar refractivity (Wildman–Crippen MR) is 311 cm³/mol. The van der Waals surface area contributed by atoms with Crippen molar-refractivity contribution in [1.29, 1.82) is 0 Å². The summed E-state index contributed by atoms with van der Waals surface area (Å²) in [5, 5.41) is 54.4. The summed E-state index contributed by atoms with van der Waals surface area (Å²) in [6, 6.07) is -0.834. The van der Waals surface area contributed by atoms with Gasteiger partial charge in [-0.25, -0.2) is 0 Å². The monoisotopic (exact) mass is 1060 g/mol. The molecule has 1 saturated heterocycles. The van der Waals surface area contributed by atoms with E-state index in [0.29, 0.717) is 19.4 Å². The number of ether oxygens (including phenoxy) is 3. The number of amides is 1. The molecule has 0 radical (unpaired) electrons. The largest absolute Gasteiger partial charge is 0.466 e. The Hall–Kier alpha value is -2.12. The first-order chi connectivity index (χ1) is 36.7. The van der Waals surface area contributed by atoms with E-state index >= 15 is 0 Å². The van der Waals surface area contributed by atoms with E-state index < -0.39 is 49.5 Å². The van der Waals surface area contributed by atoms with E-state index in [-0.39, 0.29) is 18.5 Å². The number of hydrogen-bond donors (Lipinski definition) is 6. The molecule has 0 aromatic rings. The second-order valence-corrected chi connectivity index (χ2v) is 22.1. The maximum atomic E-state index is 13.1. The van der Waals surface area contributed by atoms with Crippen LogP contribution < -0.4 is 5.32 Å². The number of aliphatic hydroxyl groups is 5. The first kappa shape index (κ1) is 70.9. The highest BCUT2D eigenvalue weighted by atomic mass is 16.7. The van der Waals surface area contributed by atoms with Crippen molar-refractivity contribution in [2.24, 2.45) is 0 Å². The molecule has 7 atom stereocenters. The van der Waals surface area contributed by atoms with Crippen molar-refractivity contribution in [3.05, 3.63) is 36.5 Å². The maximum Gasteiger partial charge on any atom is 0.305 e. The average molecular weight is 1060 g/mol. The Labute approximate surface area is 460 Å². The molecule has 0 spiro atoms. The minimum atomic E-state index is -1.58. The number of carbonyl (C=O) groups is 2. The molecule has 0 bridgehead atoms. The van der Waals surface area contributed by atoms with Crippen LogP contribution in [0.4, 0.5) is 0 Å². The lowest BCUT2D eigenvalue weighted by Crippen LogP contribution is -2.60. The van der Waals surface area contributed by atoms with Crippen molar-refractivity contribution < 1.29 is 49.3 Å². The third-order valence-electron chi connectivity index (χ3n) is 15.0. The molecule has 1 rings (SSSR count). The van der Waals surface area contributed by atoms with Gasteiger partial charge in [-0.1, -0.05) is 249 Å². The standard InChI is InChI=1S/C64H119NO10/c1-3-5-7-9-11-13-15-16-24-27-31-34-38-42-46-50-57(67)56(55-74-64-63(72)62(71)61(70)58(54-66)75-64)65-59(68)51-47-43-39-35-32-28-25-22-20-18-17-19-21-23-26-29-33-37-41-45-49-53-73-60(69)52-48-44-40-36-30-14-12-10-8-6-4-2/h18,20,31,34,46,50,56-58,61-64,66-67,70-72H,3-17,19,21-30,32-33,35-45,47-49,51-55H2,1-2H3,(H,65,68)/b20-18-,34-31+,50-46+. The molecule has 7 unspecified atom stereocenters. The molecular formula is C64H119NO10. The van der Waals surface area contributed by atoms with E-state index in [1.807, 2.05) is 6.08 Å². The van der Waals surface area contributed by atoms with Gasteiger partial charge in [0.2, 0.25) is 5.91 Å². The minimum absolute atomic E-state index is 0.00569. The van der Waals surface area contributed by atoms with E-state index in [1.54, 1.807) is 6.08 Å². The molecule has 440 valence electrons. The van der Waals surface area contributed by atoms with Crippen molar-refractivity contribution in [2.45, 2.75) is 339 Å². The molecule has 75 heavy (non-hydrogen) atoms. The summed E-state index contributed by atoms with van der Waals surface area (Å²) in [5.74, 6) is -0.204. The summed E-state index contributed by atoms with van der Waals surface area (Å²) in [4.78, 5) is 25.1. The van der Waals surface area contributed by atoms with Gasteiger partial charge in [0.25, 0.3) is 0 Å². The number of carbonyl (C=O) groups excluding carboxylic acids is 2. The van der Waals surface area contributed by atoms with Crippen LogP contribution in [-0.2, 0) is 23.8 Å². The van der Waals surface area contributed by atoms with Crippen molar-refractivity contribution in [3.63, 3.8) is 0 Å². The zero-order valence-electron chi connectivity index (χ0n) is 48.5. The second-order valence-electron chi connectivity index (χ2n) is 22.1. The Bertz CT molecular complexity index is 1340. The van der Waals surface area contributed by atoms with E-state index in [1.165, 1.54) is 193 Å². The summed E-state index contributed by atoms with van der Waals surface area (Å²) in [6.45, 7) is 4.33. The van der Waals surface area contributed by atoms with Crippen LogP contribution in [0.1, 0.15) is 296 Å². The van der Waals surface area contributed by atoms with Crippen LogP contribution in [0.25, 0.3) is 0 Å². The van der Waals surface area contributed by atoms with Gasteiger partial charge >= 0.3 is 5.97 Å². The molecule has 6 N–H and O–H groups in total. The van der Waals surface area contributed by atoms with Gasteiger partial charge in [-0.15, -0.1) is 0 Å². The van der Waals surface area contributed by atoms with Crippen LogP contribution in [0.5, 0.6) is 0 Å². The van der Waals surface area contributed by atoms with E-state index in [4.69, 9.17) is 14.2 Å². The highest BCUT2D eigenvalue weighted by molar-refractivity contribution is 5.76. The van der Waals surface area contributed by atoms with Crippen LogP contribution >= 0.6 is 0 Å². The van der Waals surface area contributed by atoms with Gasteiger partial charge < -0.3 is 45.1 Å². The molecule has 0 aromatic heterocycles. The van der Waals surface area contributed by atoms with Gasteiger partial charge in [0.15, 0.2) is 6.29 Å². The van der Waals surface area contributed by atoms with Crippen molar-refractivity contribution in [3.8, 4) is 0 Å². The molecule has 11 heteroatoms. The zero-order chi connectivity index (χ0) is 54.5. The molecule has 1 amide bonds. The Morgan fingerprint density at radius 3 is 1.32 bits per heavy atom. The third kappa shape index (κ3) is 43.4. The van der Waals surface area contributed by atoms with Crippen molar-refractivity contribution in [2.75, 3.05) is 19.8 Å². The number of nitrogens with one attached hydrogen (secondary N) is 1. The number of unbranched alkanes of at least 4 members (excludes halogenated alkanes) is 37. The lowest BCUT2D eigenvalue weighted by Gasteiger charge is -2.40. The summed E-state index contributed by atoms with van der Waals surface area (Å²) in [7, 11) is 0. The van der Waals surface area contributed by atoms with Crippen LogP contribution in [0.2, 0.25) is 0 Å². The Morgan fingerprint density at radius 2 is 0.867 bits per heavy atom. The first-order valence-electron chi connectivity index (χ1n) is 31.8. The molecule has 0 saturated carbocycles. The van der Waals surface area contributed by atoms with Gasteiger partial charge in [0.05, 0.1) is 32.0 Å². The molecule has 1 aliphatic heterocycles. The van der Waals surface area contributed by atoms with Crippen LogP contribution in [0.15, 0.2) is 36.5 Å². The normalized spacial score (nSPS) is 18.9. The molecule has 0 aromatic carbocycles. The second kappa shape index (κ2) is 53.9. The molecule has 11 nitrogen and oxygen atoms in total. The van der Waals surface area contributed by atoms with E-state index in [0.717, 1.165) is 77.0 Å². The average Bonchev–Trinajstić information content (AvgIpc) is 3.41. The number of esters is 1. The minimum Gasteiger partial charge on any atom is -0.466 e. The topological polar surface area (TPSA) is 175 Å². The molecule has 1 aliphatic rings. The lowest BCUT2D eigenvalue weighted by atomic mass is 9.99. The maximum absolute atomic E-state index is 13.1. The smallest absolute Gasteiger partial charge is 0.305 e. The summed E-state index contributed by atoms with van der Waals surface area (Å²) >= 11 is 0. The molecule has 1 heterocycles. The van der Waals surface area contributed by atoms with Gasteiger partial charge in [-0.3, -0.25) is 9.59 Å². The predicted octanol–water partition coefficient (Wildman–Crippen LogP) is 15.1. The molecule has 1 fully saturated rings. The van der Waals surface area contributed by atoms with Crippen molar-refractivity contribution in [1.82, 2.24) is 5.32 Å². The Balaban J connectivity index is 2.10. The van der Waals surface area contributed by atoms with Crippen LogP contribution in [0.3, 0.4) is 0 Å². The van der Waals surface area contributed by atoms with Gasteiger partial charge in [0, 0.05) is 12.8 Å². The quantitative estimate of drug-likeness (QED) is 0.0195. The molecular weight excluding hydrogens is 943 g/mol. The lowest BCUT2D eigenvalue weighted by molar-refractivity contribution is -0.302. The number of allylic oxidation sites excluding steroid dienone is 5. The SMILES string of the molecule is CCCCCCCCCCC/C=C/CC/C=C/C(O)C(COC1OC(CO)C(O)C(O)C1O)NC(=O)CCCCCCCCC/C=C\CCCCCCCCCCCCOC(=O)CCCCCCCCCCCCC. The summed E-state index contributed by atoms with van der Waals surface area (Å²) in [5.41, 5.74) is 0. The number of rotatable bonds is 55. The Kier molecular flexibility index (Phi) is 50.9. The fourth-order valence-electron chi connectivity index (χ4n) is 9.92. The van der Waals surface area contributed by atoms with Crippen LogP contribution in [-0.4, -0.2) is 100 Å². The van der Waals surface area contributed by atoms with Gasteiger partial charge in [-0.05, 0) is 70.6 Å². The van der Waals surface area contributed by atoms with Gasteiger partial charge in [0.1, 0.15) is 24.4 Å². The fraction of sp³-hybridized carbons (Fsp3) is 0.875. The highest BCUT2D eigenvalue weighted by Crippen LogP contribution is 2.23. The summed E-state index contributed by atoms with van der Waals surface area (Å²) in [6.07, 6.45) is 56.7. The van der Waals surface area contributed by atoms with E-state index in [2.05, 4.69) is 43.5 Å². The Morgan fingerprint density at radius 1 is 0.480 bits per heavy atom. The number of hydrogen-bond acceptors (Lipinski definition) is 10.